The van der Waals surface area contributed by atoms with Crippen molar-refractivity contribution in [1.29, 1.82) is 0 Å². The van der Waals surface area contributed by atoms with Gasteiger partial charge in [0.05, 0.1) is 18.3 Å². The van der Waals surface area contributed by atoms with E-state index in [2.05, 4.69) is 0 Å². The van der Waals surface area contributed by atoms with Gasteiger partial charge in [0, 0.05) is 18.9 Å². The Bertz CT molecular complexity index is 627. The molecule has 0 spiro atoms. The van der Waals surface area contributed by atoms with E-state index in [9.17, 15) is 19.8 Å². The highest BCUT2D eigenvalue weighted by molar-refractivity contribution is 5.82. The Morgan fingerprint density at radius 2 is 1.66 bits per heavy atom. The van der Waals surface area contributed by atoms with E-state index in [4.69, 9.17) is 4.74 Å². The van der Waals surface area contributed by atoms with Crippen molar-refractivity contribution in [1.82, 2.24) is 0 Å². The molecule has 2 N–H and O–H groups in total. The van der Waals surface area contributed by atoms with Crippen LogP contribution in [0.25, 0.3) is 0 Å². The van der Waals surface area contributed by atoms with Crippen LogP contribution in [-0.4, -0.2) is 40.3 Å². The summed E-state index contributed by atoms with van der Waals surface area (Å²) in [5, 5.41) is 19.8. The molecule has 0 aromatic rings. The number of aliphatic hydroxyl groups is 2. The van der Waals surface area contributed by atoms with Crippen molar-refractivity contribution < 1.29 is 24.5 Å². The van der Waals surface area contributed by atoms with Crippen LogP contribution in [0, 0.1) is 0 Å². The SMILES string of the molecule is C[C@@H]1CCC/C=C/CCC(=O)C[C@@H](O)C/C=C\C=C\[C@@H](O)C/C=C/C=C/C(=O)O1. The number of hydrogen-bond acceptors (Lipinski definition) is 5. The van der Waals surface area contributed by atoms with E-state index in [0.29, 0.717) is 25.7 Å². The van der Waals surface area contributed by atoms with Gasteiger partial charge >= 0.3 is 5.97 Å². The lowest BCUT2D eigenvalue weighted by Crippen LogP contribution is -2.12. The molecule has 3 atom stereocenters. The minimum atomic E-state index is -0.675. The van der Waals surface area contributed by atoms with Gasteiger partial charge in [0.2, 0.25) is 0 Å². The first-order valence-electron chi connectivity index (χ1n) is 10.4. The topological polar surface area (TPSA) is 83.8 Å². The number of rotatable bonds is 0. The van der Waals surface area contributed by atoms with Crippen LogP contribution >= 0.6 is 0 Å². The summed E-state index contributed by atoms with van der Waals surface area (Å²) in [5.41, 5.74) is 0. The summed E-state index contributed by atoms with van der Waals surface area (Å²) in [4.78, 5) is 23.6. The third-order valence-corrected chi connectivity index (χ3v) is 4.36. The first-order valence-corrected chi connectivity index (χ1v) is 10.4. The summed E-state index contributed by atoms with van der Waals surface area (Å²) in [5.74, 6) is -0.324. The molecule has 5 nitrogen and oxygen atoms in total. The lowest BCUT2D eigenvalue weighted by Gasteiger charge is -2.10. The minimum absolute atomic E-state index is 0.0522. The van der Waals surface area contributed by atoms with Crippen LogP contribution in [0.2, 0.25) is 0 Å². The molecular weight excluding hydrogens is 368 g/mol. The standard InChI is InChI=1S/C24H34O5/c1-20-13-7-3-2-4-8-16-22(26)19-23(27)17-11-5-9-14-21(25)15-10-6-12-18-24(28)29-20/h2,4-6,9-12,14,18,20-21,23,25,27H,3,7-8,13,15-17,19H2,1H3/b4-2+,10-6+,11-5-,14-9+,18-12+/t20-,21-,23+/m1/s1. The molecule has 0 bridgehead atoms. The molecule has 0 radical (unpaired) electrons. The third-order valence-electron chi connectivity index (χ3n) is 4.36. The average Bonchev–Trinajstić information content (AvgIpc) is 2.65. The number of esters is 1. The van der Waals surface area contributed by atoms with E-state index in [-0.39, 0.29) is 24.3 Å². The fourth-order valence-corrected chi connectivity index (χ4v) is 2.76. The Morgan fingerprint density at radius 3 is 2.48 bits per heavy atom. The molecular formula is C24H34O5. The molecule has 0 aliphatic carbocycles. The number of aliphatic hydroxyl groups excluding tert-OH is 2. The van der Waals surface area contributed by atoms with Crippen molar-refractivity contribution in [3.63, 3.8) is 0 Å². The maximum atomic E-state index is 11.9. The molecule has 0 unspecified atom stereocenters. The zero-order valence-electron chi connectivity index (χ0n) is 17.3. The van der Waals surface area contributed by atoms with Crippen LogP contribution in [0.1, 0.15) is 58.3 Å². The summed E-state index contributed by atoms with van der Waals surface area (Å²) in [6.07, 6.45) is 20.5. The zero-order valence-corrected chi connectivity index (χ0v) is 17.3. The van der Waals surface area contributed by atoms with Gasteiger partial charge in [0.15, 0.2) is 0 Å². The predicted octanol–water partition coefficient (Wildman–Crippen LogP) is 4.12. The molecule has 1 rings (SSSR count). The predicted molar refractivity (Wildman–Crippen MR) is 115 cm³/mol. The van der Waals surface area contributed by atoms with Crippen molar-refractivity contribution in [2.45, 2.75) is 76.6 Å². The molecule has 1 aliphatic rings. The highest BCUT2D eigenvalue weighted by Gasteiger charge is 2.09. The second-order valence-corrected chi connectivity index (χ2v) is 7.22. The fraction of sp³-hybridized carbons (Fsp3) is 0.500. The average molecular weight is 403 g/mol. The van der Waals surface area contributed by atoms with Gasteiger partial charge < -0.3 is 14.9 Å². The van der Waals surface area contributed by atoms with Crippen LogP contribution in [0.3, 0.4) is 0 Å². The molecule has 5 heteroatoms. The number of hydrogen-bond donors (Lipinski definition) is 2. The van der Waals surface area contributed by atoms with Crippen LogP contribution < -0.4 is 0 Å². The van der Waals surface area contributed by atoms with Crippen LogP contribution in [0.4, 0.5) is 0 Å². The van der Waals surface area contributed by atoms with E-state index in [0.717, 1.165) is 19.3 Å². The first kappa shape index (κ1) is 24.8. The lowest BCUT2D eigenvalue weighted by molar-refractivity contribution is -0.142. The number of allylic oxidation sites excluding steroid dienone is 6. The molecule has 0 saturated carbocycles. The van der Waals surface area contributed by atoms with Gasteiger partial charge in [0.25, 0.3) is 0 Å². The number of Topliss-reactive ketones (excluding diaryl/α,β-unsaturated/α-hetero) is 1. The Labute approximate surface area is 174 Å². The van der Waals surface area contributed by atoms with Gasteiger partial charge in [-0.25, -0.2) is 4.79 Å². The van der Waals surface area contributed by atoms with Crippen molar-refractivity contribution in [2.24, 2.45) is 0 Å². The third kappa shape index (κ3) is 14.4. The van der Waals surface area contributed by atoms with Crippen molar-refractivity contribution in [2.75, 3.05) is 0 Å². The van der Waals surface area contributed by atoms with Gasteiger partial charge in [-0.1, -0.05) is 54.7 Å². The Hall–Kier alpha value is -2.24. The number of ether oxygens (including phenoxy) is 1. The van der Waals surface area contributed by atoms with Crippen LogP contribution in [0.5, 0.6) is 0 Å². The normalized spacial score (nSPS) is 32.3. The van der Waals surface area contributed by atoms with E-state index < -0.39 is 12.2 Å². The maximum absolute atomic E-state index is 11.9. The molecule has 0 aromatic heterocycles. The molecule has 1 heterocycles. The second kappa shape index (κ2) is 15.7. The number of carbonyl (C=O) groups is 2. The van der Waals surface area contributed by atoms with Crippen molar-refractivity contribution >= 4 is 11.8 Å². The van der Waals surface area contributed by atoms with Gasteiger partial charge in [-0.05, 0) is 45.4 Å². The smallest absolute Gasteiger partial charge is 0.331 e. The summed E-state index contributed by atoms with van der Waals surface area (Å²) < 4.78 is 5.31. The Kier molecular flexibility index (Phi) is 13.4. The van der Waals surface area contributed by atoms with E-state index in [1.807, 2.05) is 19.1 Å². The summed E-state index contributed by atoms with van der Waals surface area (Å²) in [6, 6.07) is 0. The summed E-state index contributed by atoms with van der Waals surface area (Å²) >= 11 is 0. The molecule has 1 aliphatic heterocycles. The number of carbonyl (C=O) groups excluding carboxylic acids is 2. The largest absolute Gasteiger partial charge is 0.460 e. The first-order chi connectivity index (χ1) is 14.0. The summed E-state index contributed by atoms with van der Waals surface area (Å²) in [7, 11) is 0. The Morgan fingerprint density at radius 1 is 0.931 bits per heavy atom. The quantitative estimate of drug-likeness (QED) is 0.470. The van der Waals surface area contributed by atoms with Crippen molar-refractivity contribution in [3.8, 4) is 0 Å². The van der Waals surface area contributed by atoms with Crippen molar-refractivity contribution in [3.05, 3.63) is 60.8 Å². The number of cyclic esters (lactones) is 1. The molecule has 0 fully saturated rings. The molecule has 29 heavy (non-hydrogen) atoms. The zero-order chi connectivity index (χ0) is 21.3. The van der Waals surface area contributed by atoms with Gasteiger partial charge in [-0.2, -0.15) is 0 Å². The monoisotopic (exact) mass is 402 g/mol. The minimum Gasteiger partial charge on any atom is -0.460 e. The maximum Gasteiger partial charge on any atom is 0.331 e. The molecule has 0 saturated heterocycles. The molecule has 0 aromatic carbocycles. The number of ketones is 1. The second-order valence-electron chi connectivity index (χ2n) is 7.22. The molecule has 160 valence electrons. The summed E-state index contributed by atoms with van der Waals surface area (Å²) in [6.45, 7) is 1.87. The van der Waals surface area contributed by atoms with Gasteiger partial charge in [0.1, 0.15) is 5.78 Å². The highest BCUT2D eigenvalue weighted by atomic mass is 16.5. The van der Waals surface area contributed by atoms with Gasteiger partial charge in [-0.15, -0.1) is 0 Å². The van der Waals surface area contributed by atoms with Gasteiger partial charge in [-0.3, -0.25) is 4.79 Å². The lowest BCUT2D eigenvalue weighted by atomic mass is 10.1. The Balaban J connectivity index is 2.61. The van der Waals surface area contributed by atoms with E-state index in [1.54, 1.807) is 42.5 Å². The van der Waals surface area contributed by atoms with E-state index >= 15 is 0 Å². The highest BCUT2D eigenvalue weighted by Crippen LogP contribution is 2.08. The van der Waals surface area contributed by atoms with Crippen LogP contribution in [0.15, 0.2) is 60.8 Å². The molecule has 0 amide bonds. The van der Waals surface area contributed by atoms with E-state index in [1.165, 1.54) is 6.08 Å². The fourth-order valence-electron chi connectivity index (χ4n) is 2.76. The van der Waals surface area contributed by atoms with Crippen LogP contribution in [-0.2, 0) is 14.3 Å².